The minimum absolute atomic E-state index is 0.353. The predicted molar refractivity (Wildman–Crippen MR) is 96.4 cm³/mol. The van der Waals surface area contributed by atoms with Crippen molar-refractivity contribution in [2.24, 2.45) is 0 Å². The van der Waals surface area contributed by atoms with E-state index >= 15 is 0 Å². The third kappa shape index (κ3) is 2.97. The molecule has 0 saturated carbocycles. The Balaban J connectivity index is 2.05. The Kier molecular flexibility index (Phi) is 4.72. The molecule has 24 heavy (non-hydrogen) atoms. The first-order valence-corrected chi connectivity index (χ1v) is 8.23. The standard InChI is InChI=1S/C17H13Cl3N2O2/c1-8-9(6-12(18)15(20)14(8)19)5-10-7-13-16(22-10)11(3-4-21-13)17(23)24-2/h3-4,6-7,22H,5H2,1-2H3. The maximum absolute atomic E-state index is 11.9. The molecule has 1 aromatic carbocycles. The number of halogens is 3. The van der Waals surface area contributed by atoms with E-state index in [1.54, 1.807) is 18.3 Å². The van der Waals surface area contributed by atoms with Crippen LogP contribution in [0.15, 0.2) is 24.4 Å². The molecule has 2 aromatic heterocycles. The molecule has 0 spiro atoms. The van der Waals surface area contributed by atoms with Gasteiger partial charge in [0.2, 0.25) is 0 Å². The molecule has 3 aromatic rings. The zero-order valence-corrected chi connectivity index (χ0v) is 15.2. The lowest BCUT2D eigenvalue weighted by Crippen LogP contribution is -2.02. The Morgan fingerprint density at radius 1 is 1.25 bits per heavy atom. The van der Waals surface area contributed by atoms with Gasteiger partial charge in [-0.2, -0.15) is 0 Å². The Morgan fingerprint density at radius 2 is 2.00 bits per heavy atom. The average Bonchev–Trinajstić information content (AvgIpc) is 2.99. The largest absolute Gasteiger partial charge is 0.465 e. The fourth-order valence-corrected chi connectivity index (χ4v) is 3.27. The van der Waals surface area contributed by atoms with E-state index in [2.05, 4.69) is 9.97 Å². The molecule has 0 aliphatic heterocycles. The second-order valence-corrected chi connectivity index (χ2v) is 6.52. The molecule has 0 saturated heterocycles. The van der Waals surface area contributed by atoms with Gasteiger partial charge < -0.3 is 9.72 Å². The summed E-state index contributed by atoms with van der Waals surface area (Å²) in [6.45, 7) is 1.89. The van der Waals surface area contributed by atoms with Gasteiger partial charge in [0.25, 0.3) is 0 Å². The summed E-state index contributed by atoms with van der Waals surface area (Å²) < 4.78 is 4.80. The molecule has 7 heteroatoms. The number of hydrogen-bond donors (Lipinski definition) is 1. The molecule has 0 amide bonds. The number of ether oxygens (including phenoxy) is 1. The summed E-state index contributed by atoms with van der Waals surface area (Å²) in [6, 6.07) is 5.30. The molecule has 1 N–H and O–H groups in total. The number of fused-ring (bicyclic) bond motifs is 1. The van der Waals surface area contributed by atoms with Gasteiger partial charge in [0.05, 0.1) is 38.8 Å². The van der Waals surface area contributed by atoms with E-state index in [4.69, 9.17) is 39.5 Å². The average molecular weight is 384 g/mol. The second kappa shape index (κ2) is 6.63. The van der Waals surface area contributed by atoms with Crippen LogP contribution in [0.25, 0.3) is 11.0 Å². The number of esters is 1. The first-order valence-electron chi connectivity index (χ1n) is 7.10. The smallest absolute Gasteiger partial charge is 0.340 e. The molecule has 0 unspecified atom stereocenters. The monoisotopic (exact) mass is 382 g/mol. The zero-order chi connectivity index (χ0) is 17.4. The number of hydrogen-bond acceptors (Lipinski definition) is 3. The third-order valence-corrected chi connectivity index (χ3v) is 5.23. The number of benzene rings is 1. The van der Waals surface area contributed by atoms with Gasteiger partial charge in [-0.25, -0.2) is 4.79 Å². The lowest BCUT2D eigenvalue weighted by atomic mass is 10.0. The van der Waals surface area contributed by atoms with Crippen LogP contribution in [0, 0.1) is 6.92 Å². The summed E-state index contributed by atoms with van der Waals surface area (Å²) in [6.07, 6.45) is 2.13. The van der Waals surface area contributed by atoms with Crippen LogP contribution in [0.4, 0.5) is 0 Å². The highest BCUT2D eigenvalue weighted by Crippen LogP contribution is 2.35. The van der Waals surface area contributed by atoms with Crippen LogP contribution in [0.3, 0.4) is 0 Å². The van der Waals surface area contributed by atoms with Crippen LogP contribution < -0.4 is 0 Å². The lowest BCUT2D eigenvalue weighted by Gasteiger charge is -2.10. The number of carbonyl (C=O) groups is 1. The van der Waals surface area contributed by atoms with Gasteiger partial charge in [0.15, 0.2) is 0 Å². The molecule has 4 nitrogen and oxygen atoms in total. The number of carbonyl (C=O) groups excluding carboxylic acids is 1. The van der Waals surface area contributed by atoms with Gasteiger partial charge in [-0.3, -0.25) is 4.98 Å². The van der Waals surface area contributed by atoms with Gasteiger partial charge in [0, 0.05) is 18.3 Å². The topological polar surface area (TPSA) is 55.0 Å². The number of nitrogens with one attached hydrogen (secondary N) is 1. The van der Waals surface area contributed by atoms with E-state index in [1.807, 2.05) is 13.0 Å². The maximum atomic E-state index is 11.9. The SMILES string of the molecule is COC(=O)c1ccnc2cc(Cc3cc(Cl)c(Cl)c(Cl)c3C)[nH]c12. The highest BCUT2D eigenvalue weighted by molar-refractivity contribution is 6.48. The van der Waals surface area contributed by atoms with E-state index < -0.39 is 5.97 Å². The summed E-state index contributed by atoms with van der Waals surface area (Å²) in [4.78, 5) is 19.4. The lowest BCUT2D eigenvalue weighted by molar-refractivity contribution is 0.0602. The Hall–Kier alpha value is -1.75. The number of nitrogens with zero attached hydrogens (tertiary/aromatic N) is 1. The molecular formula is C17H13Cl3N2O2. The van der Waals surface area contributed by atoms with Crippen LogP contribution in [0.5, 0.6) is 0 Å². The van der Waals surface area contributed by atoms with E-state index in [1.165, 1.54) is 7.11 Å². The van der Waals surface area contributed by atoms with Crippen molar-refractivity contribution in [3.05, 3.63) is 61.8 Å². The molecule has 0 aliphatic rings. The molecule has 2 heterocycles. The van der Waals surface area contributed by atoms with Crippen molar-refractivity contribution in [2.75, 3.05) is 7.11 Å². The maximum Gasteiger partial charge on any atom is 0.340 e. The zero-order valence-electron chi connectivity index (χ0n) is 12.9. The minimum atomic E-state index is -0.412. The molecule has 0 radical (unpaired) electrons. The quantitative estimate of drug-likeness (QED) is 0.499. The van der Waals surface area contributed by atoms with Crippen molar-refractivity contribution < 1.29 is 9.53 Å². The Labute approximate surface area is 153 Å². The van der Waals surface area contributed by atoms with Gasteiger partial charge in [-0.15, -0.1) is 0 Å². The van der Waals surface area contributed by atoms with Crippen LogP contribution in [0.2, 0.25) is 15.1 Å². The predicted octanol–water partition coefficient (Wildman–Crippen LogP) is 5.21. The number of H-pyrrole nitrogens is 1. The van der Waals surface area contributed by atoms with Crippen LogP contribution in [-0.4, -0.2) is 23.0 Å². The van der Waals surface area contributed by atoms with Gasteiger partial charge in [-0.05, 0) is 36.2 Å². The van der Waals surface area contributed by atoms with E-state index in [0.717, 1.165) is 16.8 Å². The number of aromatic amines is 1. The van der Waals surface area contributed by atoms with Crippen LogP contribution in [0.1, 0.15) is 27.2 Å². The first-order chi connectivity index (χ1) is 11.4. The fourth-order valence-electron chi connectivity index (χ4n) is 2.58. The molecular weight excluding hydrogens is 371 g/mol. The van der Waals surface area contributed by atoms with Gasteiger partial charge >= 0.3 is 5.97 Å². The van der Waals surface area contributed by atoms with Crippen molar-refractivity contribution in [1.29, 1.82) is 0 Å². The Bertz CT molecular complexity index is 951. The van der Waals surface area contributed by atoms with Crippen molar-refractivity contribution in [2.45, 2.75) is 13.3 Å². The summed E-state index contributed by atoms with van der Waals surface area (Å²) in [7, 11) is 1.35. The van der Waals surface area contributed by atoms with Crippen molar-refractivity contribution in [3.63, 3.8) is 0 Å². The van der Waals surface area contributed by atoms with Crippen molar-refractivity contribution >= 4 is 51.8 Å². The van der Waals surface area contributed by atoms with Crippen LogP contribution >= 0.6 is 34.8 Å². The number of rotatable bonds is 3. The van der Waals surface area contributed by atoms with Crippen molar-refractivity contribution in [3.8, 4) is 0 Å². The molecule has 124 valence electrons. The van der Waals surface area contributed by atoms with Crippen LogP contribution in [-0.2, 0) is 11.2 Å². The highest BCUT2D eigenvalue weighted by Gasteiger charge is 2.16. The summed E-state index contributed by atoms with van der Waals surface area (Å²) in [5, 5.41) is 1.21. The van der Waals surface area contributed by atoms with E-state index in [-0.39, 0.29) is 0 Å². The summed E-state index contributed by atoms with van der Waals surface area (Å²) in [5.74, 6) is -0.412. The molecule has 0 fully saturated rings. The van der Waals surface area contributed by atoms with E-state index in [9.17, 15) is 4.79 Å². The summed E-state index contributed by atoms with van der Waals surface area (Å²) >= 11 is 18.4. The fraction of sp³-hybridized carbons (Fsp3) is 0.176. The summed E-state index contributed by atoms with van der Waals surface area (Å²) in [5.41, 5.74) is 4.47. The van der Waals surface area contributed by atoms with Crippen molar-refractivity contribution in [1.82, 2.24) is 9.97 Å². The highest BCUT2D eigenvalue weighted by atomic mass is 35.5. The normalized spacial score (nSPS) is 11.0. The first kappa shape index (κ1) is 17.1. The minimum Gasteiger partial charge on any atom is -0.465 e. The second-order valence-electron chi connectivity index (χ2n) is 5.35. The number of methoxy groups -OCH3 is 1. The Morgan fingerprint density at radius 3 is 2.71 bits per heavy atom. The third-order valence-electron chi connectivity index (χ3n) is 3.88. The van der Waals surface area contributed by atoms with E-state index in [0.29, 0.717) is 38.1 Å². The van der Waals surface area contributed by atoms with Gasteiger partial charge in [-0.1, -0.05) is 34.8 Å². The molecule has 0 atom stereocenters. The number of pyridine rings is 1. The molecule has 3 rings (SSSR count). The molecule has 0 bridgehead atoms. The molecule has 0 aliphatic carbocycles. The number of aromatic nitrogens is 2. The van der Waals surface area contributed by atoms with Gasteiger partial charge in [0.1, 0.15) is 0 Å².